The Morgan fingerprint density at radius 3 is 1.82 bits per heavy atom. The molecule has 0 fully saturated rings. The van der Waals surface area contributed by atoms with Crippen LogP contribution in [0.4, 0.5) is 0 Å². The van der Waals surface area contributed by atoms with Gasteiger partial charge < -0.3 is 4.74 Å². The normalized spacial score (nSPS) is 11.9. The average molecular weight is 803 g/mol. The molecule has 0 heterocycles. The van der Waals surface area contributed by atoms with E-state index in [9.17, 15) is 4.79 Å². The van der Waals surface area contributed by atoms with Gasteiger partial charge in [0.2, 0.25) is 0 Å². The van der Waals surface area contributed by atoms with Gasteiger partial charge in [0.1, 0.15) is 5.75 Å². The zero-order valence-electron chi connectivity index (χ0n) is 18.6. The van der Waals surface area contributed by atoms with Gasteiger partial charge in [-0.25, -0.2) is 4.79 Å². The first-order valence-electron chi connectivity index (χ1n) is 10.7. The Labute approximate surface area is 244 Å². The molecule has 0 aliphatic rings. The number of hydrogen-bond donors (Lipinski definition) is 0. The molecule has 4 aromatic rings. The van der Waals surface area contributed by atoms with E-state index in [0.29, 0.717) is 17.2 Å². The lowest BCUT2D eigenvalue weighted by molar-refractivity contribution is 0.0732. The van der Waals surface area contributed by atoms with Crippen LogP contribution in [0, 0.1) is 10.7 Å². The van der Waals surface area contributed by atoms with Gasteiger partial charge in [-0.15, -0.1) is 0 Å². The standard InChI is InChI=1S/C28H22I3O2S/c1-18(2)19-8-12-22(13-9-19)34(21-6-4-3-5-7-21)23-14-10-20(11-15-23)33-28(32)26-24(29)16-17-25(30)27(26)31/h3-18H,1-2H3/q+1. The number of halogens is 3. The molecule has 1 atom stereocenters. The Morgan fingerprint density at radius 2 is 1.24 bits per heavy atom. The molecular weight excluding hydrogens is 781 g/mol. The largest absolute Gasteiger partial charge is 0.423 e. The van der Waals surface area contributed by atoms with E-state index in [2.05, 4.69) is 142 Å². The summed E-state index contributed by atoms with van der Waals surface area (Å²) in [6.45, 7) is 4.43. The van der Waals surface area contributed by atoms with Crippen LogP contribution in [0.1, 0.15) is 35.7 Å². The summed E-state index contributed by atoms with van der Waals surface area (Å²) in [5.41, 5.74) is 1.95. The van der Waals surface area contributed by atoms with Gasteiger partial charge in [0.25, 0.3) is 0 Å². The van der Waals surface area contributed by atoms with E-state index in [0.717, 1.165) is 10.7 Å². The van der Waals surface area contributed by atoms with Gasteiger partial charge in [-0.1, -0.05) is 44.2 Å². The van der Waals surface area contributed by atoms with Crippen LogP contribution >= 0.6 is 67.8 Å². The van der Waals surface area contributed by atoms with Crippen LogP contribution in [0.2, 0.25) is 0 Å². The van der Waals surface area contributed by atoms with Crippen molar-refractivity contribution in [2.75, 3.05) is 0 Å². The molecule has 0 radical (unpaired) electrons. The lowest BCUT2D eigenvalue weighted by Gasteiger charge is -2.11. The SMILES string of the molecule is CC(C)c1ccc([S+](c2ccccc2)c2ccc(OC(=O)c3c(I)ccc(I)c3I)cc2)cc1. The highest BCUT2D eigenvalue weighted by molar-refractivity contribution is 14.1. The molecule has 0 N–H and O–H groups in total. The van der Waals surface area contributed by atoms with Gasteiger partial charge in [-0.3, -0.25) is 0 Å². The van der Waals surface area contributed by atoms with Gasteiger partial charge in [0.05, 0.1) is 16.5 Å². The Bertz CT molecular complexity index is 1290. The second-order valence-corrected chi connectivity index (χ2v) is 13.4. The molecule has 0 saturated carbocycles. The quantitative estimate of drug-likeness (QED) is 0.0641. The summed E-state index contributed by atoms with van der Waals surface area (Å²) in [5, 5.41) is 0. The minimum atomic E-state index is -0.327. The van der Waals surface area contributed by atoms with Crippen molar-refractivity contribution < 1.29 is 9.53 Å². The minimum Gasteiger partial charge on any atom is -0.423 e. The maximum absolute atomic E-state index is 12.9. The number of hydrogen-bond acceptors (Lipinski definition) is 2. The minimum absolute atomic E-state index is 0.247. The maximum atomic E-state index is 12.9. The monoisotopic (exact) mass is 803 g/mol. The highest BCUT2D eigenvalue weighted by Crippen LogP contribution is 2.33. The molecular formula is C28H22I3O2S+. The zero-order chi connectivity index (χ0) is 24.2. The molecule has 1 unspecified atom stereocenters. The predicted octanol–water partition coefficient (Wildman–Crippen LogP) is 8.94. The molecule has 2 nitrogen and oxygen atoms in total. The topological polar surface area (TPSA) is 26.3 Å². The van der Waals surface area contributed by atoms with Gasteiger partial charge in [0.15, 0.2) is 14.7 Å². The summed E-state index contributed by atoms with van der Waals surface area (Å²) in [5.74, 6) is 0.720. The van der Waals surface area contributed by atoms with Crippen molar-refractivity contribution in [3.63, 3.8) is 0 Å². The Morgan fingerprint density at radius 1 is 0.706 bits per heavy atom. The molecule has 0 spiro atoms. The summed E-state index contributed by atoms with van der Waals surface area (Å²) in [6.07, 6.45) is 0. The van der Waals surface area contributed by atoms with Crippen LogP contribution in [0.3, 0.4) is 0 Å². The summed E-state index contributed by atoms with van der Waals surface area (Å²) in [6, 6.07) is 31.4. The smallest absolute Gasteiger partial charge is 0.345 e. The van der Waals surface area contributed by atoms with Gasteiger partial charge in [-0.2, -0.15) is 0 Å². The highest BCUT2D eigenvalue weighted by Gasteiger charge is 2.29. The van der Waals surface area contributed by atoms with Gasteiger partial charge in [0, 0.05) is 10.7 Å². The van der Waals surface area contributed by atoms with Crippen LogP contribution in [-0.4, -0.2) is 5.97 Å². The van der Waals surface area contributed by atoms with E-state index in [4.69, 9.17) is 4.74 Å². The summed E-state index contributed by atoms with van der Waals surface area (Å²) < 4.78 is 8.60. The van der Waals surface area contributed by atoms with Crippen molar-refractivity contribution in [1.29, 1.82) is 0 Å². The van der Waals surface area contributed by atoms with Crippen molar-refractivity contribution in [1.82, 2.24) is 0 Å². The number of ether oxygens (including phenoxy) is 1. The van der Waals surface area contributed by atoms with Gasteiger partial charge in [-0.05, 0) is 140 Å². The third kappa shape index (κ3) is 5.99. The van der Waals surface area contributed by atoms with Crippen LogP contribution in [0.25, 0.3) is 0 Å². The van der Waals surface area contributed by atoms with E-state index >= 15 is 0 Å². The van der Waals surface area contributed by atoms with Crippen LogP contribution in [0.5, 0.6) is 5.75 Å². The fourth-order valence-corrected chi connectivity index (χ4v) is 7.86. The molecule has 0 amide bonds. The first kappa shape index (κ1) is 26.0. The average Bonchev–Trinajstić information content (AvgIpc) is 2.84. The molecule has 6 heteroatoms. The lowest BCUT2D eigenvalue weighted by atomic mass is 10.0. The first-order valence-corrected chi connectivity index (χ1v) is 15.2. The third-order valence-electron chi connectivity index (χ3n) is 5.28. The van der Waals surface area contributed by atoms with E-state index in [1.165, 1.54) is 20.2 Å². The van der Waals surface area contributed by atoms with Crippen molar-refractivity contribution in [3.8, 4) is 5.75 Å². The van der Waals surface area contributed by atoms with Crippen molar-refractivity contribution in [3.05, 3.63) is 113 Å². The number of esters is 1. The summed E-state index contributed by atoms with van der Waals surface area (Å²) >= 11 is 6.64. The number of carbonyl (C=O) groups is 1. The summed E-state index contributed by atoms with van der Waals surface area (Å²) in [4.78, 5) is 16.6. The second-order valence-electron chi connectivity index (χ2n) is 7.92. The van der Waals surface area contributed by atoms with E-state index in [1.54, 1.807) is 0 Å². The number of carbonyl (C=O) groups excluding carboxylic acids is 1. The molecule has 34 heavy (non-hydrogen) atoms. The molecule has 0 aliphatic carbocycles. The molecule has 0 bridgehead atoms. The zero-order valence-corrected chi connectivity index (χ0v) is 25.9. The van der Waals surface area contributed by atoms with Crippen molar-refractivity contribution in [2.45, 2.75) is 34.5 Å². The van der Waals surface area contributed by atoms with Crippen LogP contribution in [-0.2, 0) is 10.9 Å². The summed E-state index contributed by atoms with van der Waals surface area (Å²) in [7, 11) is -0.247. The maximum Gasteiger partial charge on any atom is 0.345 e. The molecule has 172 valence electrons. The third-order valence-corrected chi connectivity index (χ3v) is 11.5. The number of rotatable bonds is 6. The van der Waals surface area contributed by atoms with Gasteiger partial charge >= 0.3 is 5.97 Å². The fourth-order valence-electron chi connectivity index (χ4n) is 3.47. The molecule has 4 aromatic carbocycles. The molecule has 0 aliphatic heterocycles. The Kier molecular flexibility index (Phi) is 8.97. The molecule has 0 aromatic heterocycles. The lowest BCUT2D eigenvalue weighted by Crippen LogP contribution is -2.13. The molecule has 4 rings (SSSR count). The Hall–Kier alpha value is -1.11. The van der Waals surface area contributed by atoms with E-state index in [-0.39, 0.29) is 16.9 Å². The predicted molar refractivity (Wildman–Crippen MR) is 165 cm³/mol. The van der Waals surface area contributed by atoms with Crippen molar-refractivity contribution in [2.24, 2.45) is 0 Å². The van der Waals surface area contributed by atoms with E-state index in [1.807, 2.05) is 30.3 Å². The van der Waals surface area contributed by atoms with Crippen LogP contribution < -0.4 is 4.74 Å². The highest BCUT2D eigenvalue weighted by atomic mass is 127. The van der Waals surface area contributed by atoms with Crippen LogP contribution in [0.15, 0.2) is 106 Å². The molecule has 0 saturated heterocycles. The van der Waals surface area contributed by atoms with Crippen molar-refractivity contribution >= 4 is 84.6 Å². The number of benzene rings is 4. The van der Waals surface area contributed by atoms with E-state index < -0.39 is 0 Å². The second kappa shape index (κ2) is 11.7. The fraction of sp³-hybridized carbons (Fsp3) is 0.107. The first-order chi connectivity index (χ1) is 16.3. The Balaban J connectivity index is 1.63.